The first-order valence-corrected chi connectivity index (χ1v) is 13.2. The molecule has 0 spiro atoms. The Morgan fingerprint density at radius 3 is 2.51 bits per heavy atom. The fraction of sp³-hybridized carbons (Fsp3) is 0.207. The van der Waals surface area contributed by atoms with Crippen molar-refractivity contribution in [3.05, 3.63) is 105 Å². The van der Waals surface area contributed by atoms with Crippen LogP contribution in [0.25, 0.3) is 0 Å². The third-order valence-electron chi connectivity index (χ3n) is 6.22. The summed E-state index contributed by atoms with van der Waals surface area (Å²) in [5.74, 6) is -1.10. The summed E-state index contributed by atoms with van der Waals surface area (Å²) in [5, 5.41) is 2.49. The molecule has 0 aliphatic carbocycles. The lowest BCUT2D eigenvalue weighted by atomic mass is 10.0. The number of Topliss-reactive ketones (excluding diaryl/α,β-unsaturated/α-hetero) is 1. The molecule has 1 aliphatic rings. The summed E-state index contributed by atoms with van der Waals surface area (Å²) in [6, 6.07) is 14.6. The van der Waals surface area contributed by atoms with Gasteiger partial charge in [-0.1, -0.05) is 35.3 Å². The van der Waals surface area contributed by atoms with Gasteiger partial charge in [-0.25, -0.2) is 0 Å². The molecule has 214 valence electrons. The van der Waals surface area contributed by atoms with Gasteiger partial charge in [-0.3, -0.25) is 19.5 Å². The van der Waals surface area contributed by atoms with E-state index in [9.17, 15) is 22.8 Å². The molecule has 1 aliphatic heterocycles. The van der Waals surface area contributed by atoms with Crippen LogP contribution in [0.2, 0.25) is 10.0 Å². The zero-order chi connectivity index (χ0) is 29.6. The van der Waals surface area contributed by atoms with Gasteiger partial charge >= 0.3 is 6.18 Å². The van der Waals surface area contributed by atoms with Crippen LogP contribution >= 0.6 is 23.2 Å². The number of alkyl halides is 3. The molecule has 0 saturated carbocycles. The number of hydrogen-bond donors (Lipinski definition) is 2. The Kier molecular flexibility index (Phi) is 9.82. The molecular weight excluding hydrogens is 580 g/mol. The number of carbonyl (C=O) groups is 2. The highest BCUT2D eigenvalue weighted by molar-refractivity contribution is 6.32. The van der Waals surface area contributed by atoms with Crippen molar-refractivity contribution >= 4 is 52.5 Å². The first-order valence-electron chi connectivity index (χ1n) is 12.4. The van der Waals surface area contributed by atoms with E-state index in [4.69, 9.17) is 33.7 Å². The van der Waals surface area contributed by atoms with Crippen molar-refractivity contribution in [3.8, 4) is 0 Å². The van der Waals surface area contributed by atoms with Gasteiger partial charge in [-0.2, -0.15) is 13.2 Å². The highest BCUT2D eigenvalue weighted by Gasteiger charge is 2.33. The van der Waals surface area contributed by atoms with Crippen molar-refractivity contribution < 1.29 is 27.5 Å². The van der Waals surface area contributed by atoms with E-state index in [0.29, 0.717) is 25.3 Å². The average molecular weight is 605 g/mol. The maximum absolute atomic E-state index is 13.4. The van der Waals surface area contributed by atoms with Crippen molar-refractivity contribution in [2.24, 2.45) is 10.7 Å². The molecule has 41 heavy (non-hydrogen) atoms. The van der Waals surface area contributed by atoms with Crippen LogP contribution in [0.1, 0.15) is 31.8 Å². The lowest BCUT2D eigenvalue weighted by molar-refractivity contribution is -0.137. The monoisotopic (exact) mass is 604 g/mol. The first-order chi connectivity index (χ1) is 19.5. The molecule has 12 heteroatoms. The molecule has 3 aromatic carbocycles. The number of halogens is 5. The molecule has 0 aromatic heterocycles. The minimum atomic E-state index is -4.68. The van der Waals surface area contributed by atoms with E-state index in [1.54, 1.807) is 18.2 Å². The number of carbonyl (C=O) groups excluding carboxylic acids is 2. The van der Waals surface area contributed by atoms with Crippen LogP contribution in [0.3, 0.4) is 0 Å². The Labute approximate surface area is 244 Å². The minimum Gasteiger partial charge on any atom is -0.404 e. The second kappa shape index (κ2) is 13.3. The van der Waals surface area contributed by atoms with E-state index in [0.717, 1.165) is 43.2 Å². The van der Waals surface area contributed by atoms with Gasteiger partial charge in [0.2, 0.25) is 0 Å². The predicted octanol–water partition coefficient (Wildman–Crippen LogP) is 6.52. The van der Waals surface area contributed by atoms with E-state index >= 15 is 0 Å². The van der Waals surface area contributed by atoms with Crippen LogP contribution in [0.4, 0.5) is 24.5 Å². The van der Waals surface area contributed by atoms with Gasteiger partial charge < -0.3 is 15.8 Å². The van der Waals surface area contributed by atoms with E-state index in [-0.39, 0.29) is 27.5 Å². The van der Waals surface area contributed by atoms with Gasteiger partial charge in [0, 0.05) is 48.2 Å². The number of nitrogens with zero attached hydrogens (tertiary/aromatic N) is 2. The van der Waals surface area contributed by atoms with Crippen molar-refractivity contribution in [1.82, 2.24) is 4.90 Å². The standard InChI is InChI=1S/C29H25Cl2F3N4O3/c30-21-4-7-26(37-28(40)19-3-1-2-18(12-19)17-38-8-10-41-11-9-38)23(13-21)27(39)20(15-35)16-36-22-5-6-25(31)24(14-22)29(32,33)34/h1-7,12-16H,8-11,17,35H2,(H,37,40)/b20-15+,36-16?. The number of morpholine rings is 1. The largest absolute Gasteiger partial charge is 0.417 e. The number of benzene rings is 3. The minimum absolute atomic E-state index is 0.0190. The SMILES string of the molecule is N/C=C(\C=Nc1ccc(Cl)c(C(F)(F)F)c1)C(=O)c1cc(Cl)ccc1NC(=O)c1cccc(CN2CCOCC2)c1. The fourth-order valence-electron chi connectivity index (χ4n) is 4.12. The normalized spacial score (nSPS) is 14.8. The molecule has 1 heterocycles. The van der Waals surface area contributed by atoms with Crippen molar-refractivity contribution in [1.29, 1.82) is 0 Å². The van der Waals surface area contributed by atoms with Gasteiger partial charge in [0.25, 0.3) is 5.91 Å². The molecule has 0 radical (unpaired) electrons. The zero-order valence-electron chi connectivity index (χ0n) is 21.6. The van der Waals surface area contributed by atoms with Crippen LogP contribution in [0.15, 0.2) is 77.4 Å². The van der Waals surface area contributed by atoms with Gasteiger partial charge in [0.1, 0.15) is 0 Å². The van der Waals surface area contributed by atoms with Crippen molar-refractivity contribution in [2.45, 2.75) is 12.7 Å². The van der Waals surface area contributed by atoms with Crippen molar-refractivity contribution in [2.75, 3.05) is 31.6 Å². The summed E-state index contributed by atoms with van der Waals surface area (Å²) in [7, 11) is 0. The Morgan fingerprint density at radius 2 is 1.80 bits per heavy atom. The number of nitrogens with one attached hydrogen (secondary N) is 1. The molecular formula is C29H25Cl2F3N4O3. The second-order valence-corrected chi connectivity index (χ2v) is 9.95. The van der Waals surface area contributed by atoms with E-state index in [2.05, 4.69) is 15.2 Å². The summed E-state index contributed by atoms with van der Waals surface area (Å²) in [6.07, 6.45) is -2.68. The number of aliphatic imine (C=N–C) groups is 1. The summed E-state index contributed by atoms with van der Waals surface area (Å²) in [5.41, 5.74) is 5.90. The molecule has 0 atom stereocenters. The van der Waals surface area contributed by atoms with E-state index < -0.39 is 28.5 Å². The molecule has 1 saturated heterocycles. The number of ketones is 1. The first kappa shape index (κ1) is 30.3. The maximum Gasteiger partial charge on any atom is 0.417 e. The quantitative estimate of drug-likeness (QED) is 0.173. The maximum atomic E-state index is 13.4. The fourth-order valence-corrected chi connectivity index (χ4v) is 4.52. The summed E-state index contributed by atoms with van der Waals surface area (Å²) in [6.45, 7) is 3.58. The average Bonchev–Trinajstić information content (AvgIpc) is 2.95. The van der Waals surface area contributed by atoms with Gasteiger partial charge in [-0.05, 0) is 54.1 Å². The summed E-state index contributed by atoms with van der Waals surface area (Å²) in [4.78, 5) is 32.7. The lowest BCUT2D eigenvalue weighted by Gasteiger charge is -2.26. The third kappa shape index (κ3) is 7.95. The van der Waals surface area contributed by atoms with E-state index in [1.165, 1.54) is 24.3 Å². The molecule has 7 nitrogen and oxygen atoms in total. The van der Waals surface area contributed by atoms with Crippen LogP contribution in [0.5, 0.6) is 0 Å². The lowest BCUT2D eigenvalue weighted by Crippen LogP contribution is -2.35. The Hall–Kier alpha value is -3.70. The number of nitrogens with two attached hydrogens (primary N) is 1. The molecule has 0 unspecified atom stereocenters. The van der Waals surface area contributed by atoms with Gasteiger partial charge in [0.15, 0.2) is 5.78 Å². The Balaban J connectivity index is 1.54. The molecule has 3 aromatic rings. The smallest absolute Gasteiger partial charge is 0.404 e. The van der Waals surface area contributed by atoms with Crippen LogP contribution in [-0.4, -0.2) is 49.1 Å². The highest BCUT2D eigenvalue weighted by atomic mass is 35.5. The Morgan fingerprint density at radius 1 is 1.05 bits per heavy atom. The number of ether oxygens (including phenoxy) is 1. The highest BCUT2D eigenvalue weighted by Crippen LogP contribution is 2.36. The van der Waals surface area contributed by atoms with Gasteiger partial charge in [0.05, 0.1) is 40.7 Å². The number of rotatable bonds is 8. The summed E-state index contributed by atoms with van der Waals surface area (Å²) >= 11 is 11.8. The van der Waals surface area contributed by atoms with Crippen LogP contribution in [0, 0.1) is 0 Å². The second-order valence-electron chi connectivity index (χ2n) is 9.10. The molecule has 1 fully saturated rings. The van der Waals surface area contributed by atoms with Crippen LogP contribution < -0.4 is 11.1 Å². The van der Waals surface area contributed by atoms with Crippen molar-refractivity contribution in [3.63, 3.8) is 0 Å². The number of hydrogen-bond acceptors (Lipinski definition) is 6. The summed E-state index contributed by atoms with van der Waals surface area (Å²) < 4.78 is 45.0. The van der Waals surface area contributed by atoms with Gasteiger partial charge in [-0.15, -0.1) is 0 Å². The molecule has 1 amide bonds. The zero-order valence-corrected chi connectivity index (χ0v) is 23.1. The number of allylic oxidation sites excluding steroid dienone is 1. The number of amides is 1. The number of anilines is 1. The molecule has 0 bridgehead atoms. The Bertz CT molecular complexity index is 1500. The molecule has 4 rings (SSSR count). The van der Waals surface area contributed by atoms with E-state index in [1.807, 2.05) is 6.07 Å². The topological polar surface area (TPSA) is 97.0 Å². The predicted molar refractivity (Wildman–Crippen MR) is 153 cm³/mol. The van der Waals surface area contributed by atoms with Crippen LogP contribution in [-0.2, 0) is 17.5 Å². The third-order valence-corrected chi connectivity index (χ3v) is 6.79. The molecule has 3 N–H and O–H groups in total.